The number of carbonyl (C=O) groups is 1. The number of thiazole rings is 1. The molecule has 0 aliphatic rings. The predicted molar refractivity (Wildman–Crippen MR) is 99.2 cm³/mol. The van der Waals surface area contributed by atoms with Gasteiger partial charge in [-0.3, -0.25) is 9.59 Å². The number of carbonyl (C=O) groups excluding carboxylic acids is 1. The first-order chi connectivity index (χ1) is 11.9. The van der Waals surface area contributed by atoms with E-state index in [1.807, 2.05) is 13.8 Å². The molecule has 0 aliphatic carbocycles. The van der Waals surface area contributed by atoms with Crippen molar-refractivity contribution in [1.29, 1.82) is 0 Å². The summed E-state index contributed by atoms with van der Waals surface area (Å²) in [6.07, 6.45) is 0. The maximum atomic E-state index is 12.2. The van der Waals surface area contributed by atoms with E-state index in [9.17, 15) is 9.59 Å². The number of aromatic nitrogens is 3. The molecule has 3 aromatic rings. The Morgan fingerprint density at radius 3 is 2.56 bits per heavy atom. The molecule has 0 radical (unpaired) electrons. The Labute approximate surface area is 153 Å². The fourth-order valence-corrected chi connectivity index (χ4v) is 3.11. The molecule has 0 unspecified atom stereocenters. The summed E-state index contributed by atoms with van der Waals surface area (Å²) in [5.74, 6) is -0.350. The predicted octanol–water partition coefficient (Wildman–Crippen LogP) is 3.28. The minimum Gasteiger partial charge on any atom is -0.300 e. The Kier molecular flexibility index (Phi) is 4.96. The van der Waals surface area contributed by atoms with Gasteiger partial charge in [-0.15, -0.1) is 11.3 Å². The normalized spacial score (nSPS) is 10.7. The molecule has 0 saturated carbocycles. The molecule has 0 saturated heterocycles. The van der Waals surface area contributed by atoms with Gasteiger partial charge < -0.3 is 5.32 Å². The molecular formula is C17H15ClN4O2S. The molecule has 1 N–H and O–H groups in total. The highest BCUT2D eigenvalue weighted by Gasteiger charge is 2.11. The van der Waals surface area contributed by atoms with Gasteiger partial charge in [0.25, 0.3) is 5.56 Å². The second-order valence-corrected chi connectivity index (χ2v) is 7.07. The van der Waals surface area contributed by atoms with E-state index in [2.05, 4.69) is 15.4 Å². The maximum Gasteiger partial charge on any atom is 0.267 e. The van der Waals surface area contributed by atoms with Crippen LogP contribution in [0.2, 0.25) is 5.02 Å². The third-order valence-corrected chi connectivity index (χ3v) is 4.82. The summed E-state index contributed by atoms with van der Waals surface area (Å²) in [5.41, 5.74) is 1.93. The Morgan fingerprint density at radius 2 is 1.92 bits per heavy atom. The number of hydrogen-bond acceptors (Lipinski definition) is 5. The first-order valence-corrected chi connectivity index (χ1v) is 8.70. The van der Waals surface area contributed by atoms with Crippen LogP contribution < -0.4 is 10.9 Å². The van der Waals surface area contributed by atoms with Crippen LogP contribution in [0.5, 0.6) is 0 Å². The van der Waals surface area contributed by atoms with Crippen molar-refractivity contribution in [1.82, 2.24) is 14.8 Å². The second-order valence-electron chi connectivity index (χ2n) is 5.43. The Hall–Kier alpha value is -2.51. The van der Waals surface area contributed by atoms with E-state index in [0.29, 0.717) is 15.8 Å². The van der Waals surface area contributed by atoms with Crippen molar-refractivity contribution in [3.8, 4) is 11.3 Å². The summed E-state index contributed by atoms with van der Waals surface area (Å²) < 4.78 is 1.13. The standard InChI is InChI=1S/C17H15ClN4O2S/c1-10-11(2)25-17(19-10)20-15(23)9-22-16(24)8-7-14(21-22)12-3-5-13(18)6-4-12/h3-8H,9H2,1-2H3,(H,19,20,23). The lowest BCUT2D eigenvalue weighted by molar-refractivity contribution is -0.117. The van der Waals surface area contributed by atoms with Gasteiger partial charge in [0.05, 0.1) is 11.4 Å². The number of rotatable bonds is 4. The summed E-state index contributed by atoms with van der Waals surface area (Å²) in [5, 5.41) is 8.09. The summed E-state index contributed by atoms with van der Waals surface area (Å²) in [7, 11) is 0. The minimum atomic E-state index is -0.350. The van der Waals surface area contributed by atoms with E-state index in [1.165, 1.54) is 17.4 Å². The lowest BCUT2D eigenvalue weighted by Gasteiger charge is -2.07. The molecule has 0 fully saturated rings. The van der Waals surface area contributed by atoms with Crippen molar-refractivity contribution in [3.05, 3.63) is 62.3 Å². The van der Waals surface area contributed by atoms with Crippen LogP contribution in [0.1, 0.15) is 10.6 Å². The third-order valence-electron chi connectivity index (χ3n) is 3.57. The van der Waals surface area contributed by atoms with E-state index in [4.69, 9.17) is 11.6 Å². The van der Waals surface area contributed by atoms with Crippen LogP contribution in [-0.4, -0.2) is 20.7 Å². The zero-order valence-corrected chi connectivity index (χ0v) is 15.2. The third kappa shape index (κ3) is 4.12. The molecular weight excluding hydrogens is 360 g/mol. The Balaban J connectivity index is 1.79. The van der Waals surface area contributed by atoms with Gasteiger partial charge >= 0.3 is 0 Å². The van der Waals surface area contributed by atoms with Gasteiger partial charge in [0.2, 0.25) is 5.91 Å². The molecule has 0 bridgehead atoms. The molecule has 2 heterocycles. The molecule has 6 nitrogen and oxygen atoms in total. The van der Waals surface area contributed by atoms with Crippen LogP contribution in [0.25, 0.3) is 11.3 Å². The number of amides is 1. The van der Waals surface area contributed by atoms with Gasteiger partial charge in [0.1, 0.15) is 6.54 Å². The number of nitrogens with one attached hydrogen (secondary N) is 1. The topological polar surface area (TPSA) is 76.9 Å². The van der Waals surface area contributed by atoms with Crippen molar-refractivity contribution in [2.24, 2.45) is 0 Å². The average Bonchev–Trinajstić information content (AvgIpc) is 2.88. The zero-order chi connectivity index (χ0) is 18.0. The van der Waals surface area contributed by atoms with E-state index < -0.39 is 0 Å². The van der Waals surface area contributed by atoms with Crippen LogP contribution in [0.4, 0.5) is 5.13 Å². The van der Waals surface area contributed by atoms with Crippen LogP contribution in [0, 0.1) is 13.8 Å². The number of anilines is 1. The van der Waals surface area contributed by atoms with Gasteiger partial charge in [0.15, 0.2) is 5.13 Å². The summed E-state index contributed by atoms with van der Waals surface area (Å²) in [4.78, 5) is 29.5. The molecule has 1 amide bonds. The highest BCUT2D eigenvalue weighted by Crippen LogP contribution is 2.21. The van der Waals surface area contributed by atoms with Crippen LogP contribution in [0.3, 0.4) is 0 Å². The van der Waals surface area contributed by atoms with Gasteiger partial charge in [-0.1, -0.05) is 23.7 Å². The summed E-state index contributed by atoms with van der Waals surface area (Å²) >= 11 is 7.28. The van der Waals surface area contributed by atoms with Gasteiger partial charge in [-0.05, 0) is 32.0 Å². The number of benzene rings is 1. The first-order valence-electron chi connectivity index (χ1n) is 7.50. The Morgan fingerprint density at radius 1 is 1.20 bits per heavy atom. The molecule has 0 atom stereocenters. The fraction of sp³-hybridized carbons (Fsp3) is 0.176. The number of halogens is 1. The number of hydrogen-bond donors (Lipinski definition) is 1. The van der Waals surface area contributed by atoms with Crippen molar-refractivity contribution in [2.45, 2.75) is 20.4 Å². The van der Waals surface area contributed by atoms with Crippen LogP contribution >= 0.6 is 22.9 Å². The molecule has 8 heteroatoms. The highest BCUT2D eigenvalue weighted by atomic mass is 35.5. The highest BCUT2D eigenvalue weighted by molar-refractivity contribution is 7.15. The average molecular weight is 375 g/mol. The molecule has 3 rings (SSSR count). The SMILES string of the molecule is Cc1nc(NC(=O)Cn2nc(-c3ccc(Cl)cc3)ccc2=O)sc1C. The van der Waals surface area contributed by atoms with Crippen molar-refractivity contribution in [2.75, 3.05) is 5.32 Å². The van der Waals surface area contributed by atoms with Gasteiger partial charge in [-0.25, -0.2) is 9.67 Å². The Bertz CT molecular complexity index is 960. The molecule has 128 valence electrons. The molecule has 0 aliphatic heterocycles. The first kappa shape index (κ1) is 17.3. The molecule has 2 aromatic heterocycles. The monoisotopic (exact) mass is 374 g/mol. The van der Waals surface area contributed by atoms with Gasteiger partial charge in [0, 0.05) is 21.5 Å². The largest absolute Gasteiger partial charge is 0.300 e. The van der Waals surface area contributed by atoms with E-state index in [0.717, 1.165) is 20.8 Å². The maximum absolute atomic E-state index is 12.2. The molecule has 1 aromatic carbocycles. The molecule has 25 heavy (non-hydrogen) atoms. The van der Waals surface area contributed by atoms with E-state index >= 15 is 0 Å². The van der Waals surface area contributed by atoms with E-state index in [1.54, 1.807) is 30.3 Å². The second kappa shape index (κ2) is 7.16. The van der Waals surface area contributed by atoms with Crippen LogP contribution in [-0.2, 0) is 11.3 Å². The lowest BCUT2D eigenvalue weighted by Crippen LogP contribution is -2.29. The fourth-order valence-electron chi connectivity index (χ4n) is 2.16. The minimum absolute atomic E-state index is 0.183. The van der Waals surface area contributed by atoms with Crippen LogP contribution in [0.15, 0.2) is 41.2 Å². The molecule has 0 spiro atoms. The van der Waals surface area contributed by atoms with Crippen molar-refractivity contribution >= 4 is 34.0 Å². The number of nitrogens with zero attached hydrogens (tertiary/aromatic N) is 3. The summed E-state index contributed by atoms with van der Waals surface area (Å²) in [6.45, 7) is 3.63. The zero-order valence-electron chi connectivity index (χ0n) is 13.6. The summed E-state index contributed by atoms with van der Waals surface area (Å²) in [6, 6.07) is 10.1. The lowest BCUT2D eigenvalue weighted by atomic mass is 10.1. The smallest absolute Gasteiger partial charge is 0.267 e. The number of aryl methyl sites for hydroxylation is 2. The van der Waals surface area contributed by atoms with E-state index in [-0.39, 0.29) is 18.0 Å². The van der Waals surface area contributed by atoms with Crippen molar-refractivity contribution < 1.29 is 4.79 Å². The van der Waals surface area contributed by atoms with Gasteiger partial charge in [-0.2, -0.15) is 5.10 Å². The van der Waals surface area contributed by atoms with Crippen molar-refractivity contribution in [3.63, 3.8) is 0 Å². The quantitative estimate of drug-likeness (QED) is 0.760.